The van der Waals surface area contributed by atoms with Gasteiger partial charge in [-0.3, -0.25) is 0 Å². The Kier molecular flexibility index (Phi) is 6.00. The van der Waals surface area contributed by atoms with Crippen LogP contribution in [0.1, 0.15) is 33.9 Å². The molecule has 0 saturated carbocycles. The standard InChI is InChI=1S/C23H14ClF4N3O3S2/c1-9-15(11-4-3-5-12(25)8-11)19(20(32)33)31(30-9)22-29-18-17-13(24)6-7-14(34-23(26,27)28)16(17)10(2)35-21(18)36-22/h3-8,10H,1-2H3,(H,32,33). The lowest BCUT2D eigenvalue weighted by molar-refractivity contribution is -0.274. The van der Waals surface area contributed by atoms with E-state index in [9.17, 15) is 27.5 Å². The molecule has 0 aliphatic carbocycles. The highest BCUT2D eigenvalue weighted by Crippen LogP contribution is 2.56. The van der Waals surface area contributed by atoms with Crippen molar-refractivity contribution < 1.29 is 32.2 Å². The summed E-state index contributed by atoms with van der Waals surface area (Å²) in [6.07, 6.45) is -4.89. The summed E-state index contributed by atoms with van der Waals surface area (Å²) in [5, 5.41) is 14.3. The van der Waals surface area contributed by atoms with Gasteiger partial charge in [-0.25, -0.2) is 14.2 Å². The number of rotatable bonds is 4. The SMILES string of the molecule is Cc1nn(-c2nc3c(s2)SC(C)c2c(OC(F)(F)F)ccc(Cl)c2-3)c(C(=O)O)c1-c1cccc(F)c1. The van der Waals surface area contributed by atoms with Crippen molar-refractivity contribution in [2.24, 2.45) is 0 Å². The Labute approximate surface area is 214 Å². The maximum Gasteiger partial charge on any atom is 0.573 e. The molecular weight excluding hydrogens is 542 g/mol. The van der Waals surface area contributed by atoms with Crippen LogP contribution in [0.2, 0.25) is 5.02 Å². The number of halogens is 5. The van der Waals surface area contributed by atoms with Crippen LogP contribution in [0.15, 0.2) is 40.6 Å². The molecule has 0 saturated heterocycles. The van der Waals surface area contributed by atoms with E-state index >= 15 is 0 Å². The first-order chi connectivity index (χ1) is 16.9. The summed E-state index contributed by atoms with van der Waals surface area (Å²) in [5.41, 5.74) is 1.52. The van der Waals surface area contributed by atoms with Crippen molar-refractivity contribution in [1.82, 2.24) is 14.8 Å². The first-order valence-corrected chi connectivity index (χ1v) is 12.4. The van der Waals surface area contributed by atoms with Crippen molar-refractivity contribution in [3.8, 4) is 33.3 Å². The van der Waals surface area contributed by atoms with Gasteiger partial charge in [-0.1, -0.05) is 35.1 Å². The molecule has 0 radical (unpaired) electrons. The summed E-state index contributed by atoms with van der Waals surface area (Å²) in [6, 6.07) is 7.96. The molecule has 2 aromatic heterocycles. The number of carboxylic acids is 1. The number of aromatic carboxylic acids is 1. The molecule has 6 nitrogen and oxygen atoms in total. The van der Waals surface area contributed by atoms with Crippen LogP contribution in [0.25, 0.3) is 27.5 Å². The highest BCUT2D eigenvalue weighted by atomic mass is 35.5. The fourth-order valence-electron chi connectivity index (χ4n) is 4.13. The number of carboxylic acid groups (broad SMARTS) is 1. The highest BCUT2D eigenvalue weighted by molar-refractivity contribution is 8.01. The lowest BCUT2D eigenvalue weighted by atomic mass is 10.0. The van der Waals surface area contributed by atoms with E-state index in [-0.39, 0.29) is 38.3 Å². The number of fused-ring (bicyclic) bond motifs is 3. The van der Waals surface area contributed by atoms with Crippen molar-refractivity contribution in [2.45, 2.75) is 29.7 Å². The number of thiazole rings is 1. The van der Waals surface area contributed by atoms with E-state index in [0.717, 1.165) is 22.1 Å². The van der Waals surface area contributed by atoms with Crippen LogP contribution in [0.5, 0.6) is 5.75 Å². The highest BCUT2D eigenvalue weighted by Gasteiger charge is 2.37. The fraction of sp³-hybridized carbons (Fsp3) is 0.174. The number of hydrogen-bond acceptors (Lipinski definition) is 6. The second-order valence-electron chi connectivity index (χ2n) is 7.81. The van der Waals surface area contributed by atoms with Gasteiger partial charge in [0.05, 0.1) is 20.6 Å². The molecule has 1 N–H and O–H groups in total. The largest absolute Gasteiger partial charge is 0.573 e. The summed E-state index contributed by atoms with van der Waals surface area (Å²) in [6.45, 7) is 3.31. The van der Waals surface area contributed by atoms with Gasteiger partial charge in [0.15, 0.2) is 5.69 Å². The van der Waals surface area contributed by atoms with E-state index in [4.69, 9.17) is 11.6 Å². The molecule has 186 valence electrons. The molecular formula is C23H14ClF4N3O3S2. The molecule has 1 unspecified atom stereocenters. The van der Waals surface area contributed by atoms with Crippen LogP contribution in [0, 0.1) is 12.7 Å². The molecule has 5 rings (SSSR count). The van der Waals surface area contributed by atoms with Crippen molar-refractivity contribution in [2.75, 3.05) is 0 Å². The Bertz CT molecular complexity index is 1530. The number of ether oxygens (including phenoxy) is 1. The number of nitrogens with zero attached hydrogens (tertiary/aromatic N) is 3. The number of benzene rings is 2. The zero-order valence-corrected chi connectivity index (χ0v) is 20.7. The second-order valence-corrected chi connectivity index (χ2v) is 10.8. The van der Waals surface area contributed by atoms with Gasteiger partial charge >= 0.3 is 12.3 Å². The Morgan fingerprint density at radius 1 is 1.22 bits per heavy atom. The molecule has 4 aromatic rings. The fourth-order valence-corrected chi connectivity index (χ4v) is 6.93. The van der Waals surface area contributed by atoms with Crippen LogP contribution < -0.4 is 4.74 Å². The number of aromatic nitrogens is 3. The average Bonchev–Trinajstić information content (AvgIpc) is 3.35. The normalized spacial score (nSPS) is 14.9. The smallest absolute Gasteiger partial charge is 0.476 e. The van der Waals surface area contributed by atoms with E-state index < -0.39 is 23.4 Å². The molecule has 0 bridgehead atoms. The molecule has 1 aliphatic rings. The molecule has 1 atom stereocenters. The quantitative estimate of drug-likeness (QED) is 0.262. The van der Waals surface area contributed by atoms with Gasteiger partial charge in [-0.05, 0) is 43.7 Å². The average molecular weight is 556 g/mol. The van der Waals surface area contributed by atoms with Gasteiger partial charge in [-0.15, -0.1) is 24.9 Å². The summed E-state index contributed by atoms with van der Waals surface area (Å²) in [4.78, 5) is 16.8. The van der Waals surface area contributed by atoms with Crippen LogP contribution >= 0.6 is 34.7 Å². The third kappa shape index (κ3) is 4.22. The molecule has 36 heavy (non-hydrogen) atoms. The predicted octanol–water partition coefficient (Wildman–Crippen LogP) is 7.53. The summed E-state index contributed by atoms with van der Waals surface area (Å²) >= 11 is 8.79. The molecule has 0 spiro atoms. The summed E-state index contributed by atoms with van der Waals surface area (Å²) in [7, 11) is 0. The maximum atomic E-state index is 13.9. The third-order valence-electron chi connectivity index (χ3n) is 5.45. The molecule has 2 aromatic carbocycles. The topological polar surface area (TPSA) is 77.2 Å². The summed E-state index contributed by atoms with van der Waals surface area (Å²) < 4.78 is 58.9. The number of alkyl halides is 3. The minimum absolute atomic E-state index is 0.175. The molecule has 3 heterocycles. The second kappa shape index (κ2) is 8.79. The van der Waals surface area contributed by atoms with Crippen molar-refractivity contribution in [1.29, 1.82) is 0 Å². The monoisotopic (exact) mass is 555 g/mol. The Hall–Kier alpha value is -3.09. The Balaban J connectivity index is 1.69. The molecule has 13 heteroatoms. The van der Waals surface area contributed by atoms with Crippen molar-refractivity contribution in [3.05, 3.63) is 64.2 Å². The minimum Gasteiger partial charge on any atom is -0.476 e. The minimum atomic E-state index is -4.89. The van der Waals surface area contributed by atoms with Crippen molar-refractivity contribution in [3.63, 3.8) is 0 Å². The molecule has 0 fully saturated rings. The van der Waals surface area contributed by atoms with E-state index in [1.165, 1.54) is 36.0 Å². The van der Waals surface area contributed by atoms with Crippen LogP contribution in [0.3, 0.4) is 0 Å². The van der Waals surface area contributed by atoms with Crippen LogP contribution in [0.4, 0.5) is 17.6 Å². The van der Waals surface area contributed by atoms with Crippen molar-refractivity contribution >= 4 is 40.7 Å². The zero-order chi connectivity index (χ0) is 25.9. The molecule has 1 aliphatic heterocycles. The van der Waals surface area contributed by atoms with Gasteiger partial charge in [0, 0.05) is 21.9 Å². The predicted molar refractivity (Wildman–Crippen MR) is 128 cm³/mol. The Morgan fingerprint density at radius 3 is 2.64 bits per heavy atom. The van der Waals surface area contributed by atoms with Gasteiger partial charge in [0.2, 0.25) is 5.13 Å². The van der Waals surface area contributed by atoms with Crippen LogP contribution in [-0.2, 0) is 0 Å². The number of aryl methyl sites for hydroxylation is 1. The third-order valence-corrected chi connectivity index (χ3v) is 8.13. The number of thioether (sulfide) groups is 1. The zero-order valence-electron chi connectivity index (χ0n) is 18.4. The van der Waals surface area contributed by atoms with Gasteiger partial charge in [-0.2, -0.15) is 9.78 Å². The maximum absolute atomic E-state index is 13.9. The van der Waals surface area contributed by atoms with Gasteiger partial charge in [0.25, 0.3) is 0 Å². The summed E-state index contributed by atoms with van der Waals surface area (Å²) in [5.74, 6) is -2.21. The van der Waals surface area contributed by atoms with E-state index in [2.05, 4.69) is 14.8 Å². The number of carbonyl (C=O) groups is 1. The number of hydrogen-bond donors (Lipinski definition) is 1. The van der Waals surface area contributed by atoms with E-state index in [1.807, 2.05) is 0 Å². The van der Waals surface area contributed by atoms with Crippen LogP contribution in [-0.4, -0.2) is 32.2 Å². The Morgan fingerprint density at radius 2 is 1.97 bits per heavy atom. The molecule has 0 amide bonds. The lowest BCUT2D eigenvalue weighted by Gasteiger charge is -2.25. The van der Waals surface area contributed by atoms with E-state index in [1.54, 1.807) is 19.9 Å². The lowest BCUT2D eigenvalue weighted by Crippen LogP contribution is -2.19. The van der Waals surface area contributed by atoms with Gasteiger partial charge in [0.1, 0.15) is 11.6 Å². The first-order valence-electron chi connectivity index (χ1n) is 10.3. The van der Waals surface area contributed by atoms with Gasteiger partial charge < -0.3 is 9.84 Å². The van der Waals surface area contributed by atoms with E-state index in [0.29, 0.717) is 21.2 Å². The first kappa shape index (κ1) is 24.6.